The number of pyridine rings is 1. The quantitative estimate of drug-likeness (QED) is 0.692. The zero-order chi connectivity index (χ0) is 19.0. The highest BCUT2D eigenvalue weighted by molar-refractivity contribution is 5.94. The van der Waals surface area contributed by atoms with Crippen LogP contribution in [0.1, 0.15) is 28.0 Å². The van der Waals surface area contributed by atoms with E-state index in [0.29, 0.717) is 31.9 Å². The van der Waals surface area contributed by atoms with Crippen LogP contribution in [0.5, 0.6) is 0 Å². The molecule has 2 aliphatic rings. The van der Waals surface area contributed by atoms with E-state index in [2.05, 4.69) is 9.97 Å². The molecule has 3 aromatic rings. The Morgan fingerprint density at radius 1 is 1.11 bits per heavy atom. The van der Waals surface area contributed by atoms with E-state index in [9.17, 15) is 4.79 Å². The predicted molar refractivity (Wildman–Crippen MR) is 104 cm³/mol. The third-order valence-electron chi connectivity index (χ3n) is 5.58. The van der Waals surface area contributed by atoms with E-state index >= 15 is 0 Å². The average molecular weight is 372 g/mol. The molecule has 0 aliphatic carbocycles. The van der Waals surface area contributed by atoms with Gasteiger partial charge >= 0.3 is 0 Å². The number of rotatable bonds is 2. The third kappa shape index (κ3) is 2.86. The number of nitrogens with zero attached hydrogens (tertiary/aromatic N) is 4. The molecule has 0 saturated carbocycles. The molecule has 0 unspecified atom stereocenters. The third-order valence-corrected chi connectivity index (χ3v) is 5.58. The molecular weight excluding hydrogens is 352 g/mol. The van der Waals surface area contributed by atoms with Crippen molar-refractivity contribution < 1.29 is 9.53 Å². The molecule has 1 aromatic carbocycles. The number of aromatic nitrogens is 3. The summed E-state index contributed by atoms with van der Waals surface area (Å²) < 4.78 is 5.88. The molecule has 0 N–H and O–H groups in total. The Balaban J connectivity index is 1.48. The van der Waals surface area contributed by atoms with E-state index in [4.69, 9.17) is 9.72 Å². The maximum atomic E-state index is 12.9. The van der Waals surface area contributed by atoms with E-state index in [1.165, 1.54) is 0 Å². The van der Waals surface area contributed by atoms with Crippen LogP contribution >= 0.6 is 0 Å². The Morgan fingerprint density at radius 3 is 2.82 bits per heavy atom. The fourth-order valence-electron chi connectivity index (χ4n) is 4.15. The maximum Gasteiger partial charge on any atom is 0.255 e. The summed E-state index contributed by atoms with van der Waals surface area (Å²) in [5.41, 5.74) is 3.37. The molecule has 1 amide bonds. The number of hydrogen-bond acceptors (Lipinski definition) is 5. The van der Waals surface area contributed by atoms with E-state index in [1.807, 2.05) is 41.4 Å². The van der Waals surface area contributed by atoms with Crippen LogP contribution in [0.25, 0.3) is 11.4 Å². The number of ether oxygens (including phenoxy) is 1. The van der Waals surface area contributed by atoms with Gasteiger partial charge in [-0.1, -0.05) is 30.3 Å². The zero-order valence-electron chi connectivity index (χ0n) is 15.4. The minimum Gasteiger partial charge on any atom is -0.376 e. The first kappa shape index (κ1) is 17.0. The van der Waals surface area contributed by atoms with Crippen LogP contribution in [0.3, 0.4) is 0 Å². The van der Waals surface area contributed by atoms with Crippen molar-refractivity contribution in [2.45, 2.75) is 18.4 Å². The van der Waals surface area contributed by atoms with Gasteiger partial charge in [0.05, 0.1) is 29.9 Å². The summed E-state index contributed by atoms with van der Waals surface area (Å²) in [7, 11) is 0. The molecule has 28 heavy (non-hydrogen) atoms. The normalized spacial score (nSPS) is 20.9. The minimum absolute atomic E-state index is 0.00874. The van der Waals surface area contributed by atoms with Gasteiger partial charge in [0.2, 0.25) is 0 Å². The molecule has 0 radical (unpaired) electrons. The highest BCUT2D eigenvalue weighted by Gasteiger charge is 2.46. The summed E-state index contributed by atoms with van der Waals surface area (Å²) in [5, 5.41) is 0. The first-order valence-electron chi connectivity index (χ1n) is 9.44. The highest BCUT2D eigenvalue weighted by Crippen LogP contribution is 2.40. The van der Waals surface area contributed by atoms with Crippen molar-refractivity contribution in [2.75, 3.05) is 19.7 Å². The lowest BCUT2D eigenvalue weighted by Crippen LogP contribution is -2.41. The van der Waals surface area contributed by atoms with Crippen molar-refractivity contribution >= 4 is 5.91 Å². The molecule has 5 rings (SSSR count). The van der Waals surface area contributed by atoms with Crippen molar-refractivity contribution in [2.24, 2.45) is 0 Å². The number of hydrogen-bond donors (Lipinski definition) is 0. The van der Waals surface area contributed by atoms with Crippen LogP contribution in [0.4, 0.5) is 0 Å². The largest absolute Gasteiger partial charge is 0.376 e. The fraction of sp³-hybridized carbons (Fsp3) is 0.273. The monoisotopic (exact) mass is 372 g/mol. The second kappa shape index (κ2) is 6.80. The molecule has 4 heterocycles. The van der Waals surface area contributed by atoms with Crippen LogP contribution in [0.2, 0.25) is 0 Å². The van der Waals surface area contributed by atoms with Crippen molar-refractivity contribution in [3.8, 4) is 11.4 Å². The Kier molecular flexibility index (Phi) is 4.13. The van der Waals surface area contributed by atoms with Gasteiger partial charge in [0.1, 0.15) is 0 Å². The maximum absolute atomic E-state index is 12.9. The Labute approximate surface area is 163 Å². The number of fused-ring (bicyclic) bond motifs is 2. The van der Waals surface area contributed by atoms with Crippen LogP contribution in [0.15, 0.2) is 61.1 Å². The summed E-state index contributed by atoms with van der Waals surface area (Å²) in [5.74, 6) is 0.729. The second-order valence-electron chi connectivity index (χ2n) is 7.43. The van der Waals surface area contributed by atoms with E-state index in [0.717, 1.165) is 29.1 Å². The van der Waals surface area contributed by atoms with E-state index < -0.39 is 0 Å². The molecule has 2 aliphatic heterocycles. The van der Waals surface area contributed by atoms with Crippen LogP contribution in [0, 0.1) is 0 Å². The number of likely N-dealkylation sites (tertiary alicyclic amines) is 1. The molecule has 6 nitrogen and oxygen atoms in total. The van der Waals surface area contributed by atoms with Gasteiger partial charge in [-0.2, -0.15) is 0 Å². The number of amides is 1. The summed E-state index contributed by atoms with van der Waals surface area (Å²) >= 11 is 0. The summed E-state index contributed by atoms with van der Waals surface area (Å²) in [6, 6.07) is 13.6. The molecule has 1 fully saturated rings. The number of benzene rings is 1. The number of carbonyl (C=O) groups excluding carboxylic acids is 1. The Bertz CT molecular complexity index is 1010. The minimum atomic E-state index is -0.280. The van der Waals surface area contributed by atoms with E-state index in [-0.39, 0.29) is 11.3 Å². The smallest absolute Gasteiger partial charge is 0.255 e. The zero-order valence-corrected chi connectivity index (χ0v) is 15.4. The van der Waals surface area contributed by atoms with Crippen LogP contribution < -0.4 is 0 Å². The Hall–Kier alpha value is -3.12. The molecule has 2 aromatic heterocycles. The van der Waals surface area contributed by atoms with Gasteiger partial charge in [0.25, 0.3) is 5.91 Å². The topological polar surface area (TPSA) is 68.2 Å². The van der Waals surface area contributed by atoms with Gasteiger partial charge in [-0.15, -0.1) is 0 Å². The van der Waals surface area contributed by atoms with Gasteiger partial charge in [0, 0.05) is 42.8 Å². The SMILES string of the molecule is O=C(c1cccnc1)N1CC[C@@]2(COCc3cnc(-c4ccccc4)nc32)C1. The van der Waals surface area contributed by atoms with E-state index in [1.54, 1.807) is 24.5 Å². The van der Waals surface area contributed by atoms with Crippen molar-refractivity contribution in [3.05, 3.63) is 77.9 Å². The predicted octanol–water partition coefficient (Wildman–Crippen LogP) is 2.85. The van der Waals surface area contributed by atoms with Crippen molar-refractivity contribution in [3.63, 3.8) is 0 Å². The second-order valence-corrected chi connectivity index (χ2v) is 7.43. The summed E-state index contributed by atoms with van der Waals surface area (Å²) in [6.45, 7) is 2.37. The van der Waals surface area contributed by atoms with Crippen LogP contribution in [-0.4, -0.2) is 45.5 Å². The molecular formula is C22H20N4O2. The van der Waals surface area contributed by atoms with Gasteiger partial charge in [-0.05, 0) is 18.6 Å². The van der Waals surface area contributed by atoms with Gasteiger partial charge in [-0.3, -0.25) is 9.78 Å². The van der Waals surface area contributed by atoms with Crippen molar-refractivity contribution in [1.82, 2.24) is 19.9 Å². The Morgan fingerprint density at radius 2 is 2.00 bits per heavy atom. The van der Waals surface area contributed by atoms with Gasteiger partial charge in [0.15, 0.2) is 5.82 Å². The standard InChI is InChI=1S/C22H20N4O2/c27-21(17-7-4-9-23-11-17)26-10-8-22(14-26)15-28-13-18-12-24-20(25-19(18)22)16-5-2-1-3-6-16/h1-7,9,11-12H,8,10,13-15H2/t22-/m0/s1. The molecule has 6 heteroatoms. The average Bonchev–Trinajstić information content (AvgIpc) is 3.19. The highest BCUT2D eigenvalue weighted by atomic mass is 16.5. The molecule has 140 valence electrons. The lowest BCUT2D eigenvalue weighted by atomic mass is 9.80. The fourth-order valence-corrected chi connectivity index (χ4v) is 4.15. The van der Waals surface area contributed by atoms with Gasteiger partial charge in [-0.25, -0.2) is 9.97 Å². The lowest BCUT2D eigenvalue weighted by Gasteiger charge is -2.34. The first-order chi connectivity index (χ1) is 13.8. The lowest BCUT2D eigenvalue weighted by molar-refractivity contribution is 0.0485. The molecule has 1 atom stereocenters. The first-order valence-corrected chi connectivity index (χ1v) is 9.44. The molecule has 1 spiro atoms. The van der Waals surface area contributed by atoms with Crippen molar-refractivity contribution in [1.29, 1.82) is 0 Å². The summed E-state index contributed by atoms with van der Waals surface area (Å²) in [6.07, 6.45) is 6.00. The number of carbonyl (C=O) groups is 1. The molecule has 0 bridgehead atoms. The van der Waals surface area contributed by atoms with Crippen LogP contribution in [-0.2, 0) is 16.8 Å². The molecule has 1 saturated heterocycles. The van der Waals surface area contributed by atoms with Gasteiger partial charge < -0.3 is 9.64 Å². The summed E-state index contributed by atoms with van der Waals surface area (Å²) in [4.78, 5) is 28.3.